The summed E-state index contributed by atoms with van der Waals surface area (Å²) in [6.45, 7) is 1.89. The minimum atomic E-state index is -4.22. The Bertz CT molecular complexity index is 512. The van der Waals surface area contributed by atoms with Crippen LogP contribution in [0.4, 0.5) is 17.6 Å². The summed E-state index contributed by atoms with van der Waals surface area (Å²) < 4.78 is 55.4. The van der Waals surface area contributed by atoms with E-state index < -0.39 is 18.4 Å². The molecule has 138 valence electrons. The number of ether oxygens (including phenoxy) is 1. The number of alkyl halides is 3. The first-order valence-electron chi connectivity index (χ1n) is 7.28. The van der Waals surface area contributed by atoms with Crippen molar-refractivity contribution >= 4 is 29.9 Å². The van der Waals surface area contributed by atoms with E-state index in [2.05, 4.69) is 15.6 Å². The van der Waals surface area contributed by atoms with Crippen molar-refractivity contribution in [1.82, 2.24) is 10.6 Å². The lowest BCUT2D eigenvalue weighted by Crippen LogP contribution is -2.43. The maximum Gasteiger partial charge on any atom is 0.390 e. The molecule has 0 aliphatic heterocycles. The van der Waals surface area contributed by atoms with Crippen molar-refractivity contribution in [2.24, 2.45) is 4.99 Å². The highest BCUT2D eigenvalue weighted by Crippen LogP contribution is 2.18. The van der Waals surface area contributed by atoms with Crippen LogP contribution in [0.15, 0.2) is 29.3 Å². The molecule has 0 saturated carbocycles. The highest BCUT2D eigenvalue weighted by Gasteiger charge is 2.26. The highest BCUT2D eigenvalue weighted by molar-refractivity contribution is 14.0. The van der Waals surface area contributed by atoms with Gasteiger partial charge in [-0.05, 0) is 18.6 Å². The molecule has 1 aromatic carbocycles. The zero-order valence-corrected chi connectivity index (χ0v) is 15.8. The quantitative estimate of drug-likeness (QED) is 0.281. The minimum Gasteiger partial charge on any atom is -0.486 e. The molecule has 9 heteroatoms. The number of guanidine groups is 1. The lowest BCUT2D eigenvalue weighted by Gasteiger charge is -2.20. The van der Waals surface area contributed by atoms with Crippen LogP contribution in [-0.2, 0) is 0 Å². The SMILES string of the molecule is CCC(CNC(=NC)NCCC(F)(F)F)Oc1ccccc1F.I. The first-order chi connectivity index (χ1) is 10.9. The molecule has 0 amide bonds. The van der Waals surface area contributed by atoms with Crippen molar-refractivity contribution < 1.29 is 22.3 Å². The van der Waals surface area contributed by atoms with Gasteiger partial charge in [-0.25, -0.2) is 4.39 Å². The molecule has 0 spiro atoms. The Morgan fingerprint density at radius 1 is 1.25 bits per heavy atom. The Kier molecular flexibility index (Phi) is 10.7. The third-order valence-corrected chi connectivity index (χ3v) is 3.01. The zero-order chi connectivity index (χ0) is 17.3. The van der Waals surface area contributed by atoms with Crippen LogP contribution in [0.1, 0.15) is 19.8 Å². The van der Waals surface area contributed by atoms with Gasteiger partial charge < -0.3 is 15.4 Å². The lowest BCUT2D eigenvalue weighted by molar-refractivity contribution is -0.132. The summed E-state index contributed by atoms with van der Waals surface area (Å²) in [4.78, 5) is 3.84. The first kappa shape index (κ1) is 22.7. The van der Waals surface area contributed by atoms with E-state index in [9.17, 15) is 17.6 Å². The van der Waals surface area contributed by atoms with Gasteiger partial charge in [0.2, 0.25) is 0 Å². The summed E-state index contributed by atoms with van der Waals surface area (Å²) in [5.74, 6) is -0.0790. The molecule has 0 bridgehead atoms. The van der Waals surface area contributed by atoms with Crippen LogP contribution in [0, 0.1) is 5.82 Å². The molecule has 0 saturated heterocycles. The van der Waals surface area contributed by atoms with Crippen LogP contribution in [0.2, 0.25) is 0 Å². The summed E-state index contributed by atoms with van der Waals surface area (Å²) in [7, 11) is 1.46. The van der Waals surface area contributed by atoms with E-state index in [-0.39, 0.29) is 54.9 Å². The molecule has 1 rings (SSSR count). The van der Waals surface area contributed by atoms with Crippen molar-refractivity contribution in [1.29, 1.82) is 0 Å². The van der Waals surface area contributed by atoms with Gasteiger partial charge in [0.25, 0.3) is 0 Å². The van der Waals surface area contributed by atoms with Crippen LogP contribution < -0.4 is 15.4 Å². The number of para-hydroxylation sites is 1. The van der Waals surface area contributed by atoms with Gasteiger partial charge in [0.1, 0.15) is 6.10 Å². The fraction of sp³-hybridized carbons (Fsp3) is 0.533. The van der Waals surface area contributed by atoms with Gasteiger partial charge in [-0.1, -0.05) is 19.1 Å². The molecule has 2 N–H and O–H groups in total. The third-order valence-electron chi connectivity index (χ3n) is 3.01. The molecule has 0 fully saturated rings. The standard InChI is InChI=1S/C15H21F4N3O.HI/c1-3-11(23-13-7-5-4-6-12(13)16)10-22-14(20-2)21-9-8-15(17,18)19;/h4-7,11H,3,8-10H2,1-2H3,(H2,20,21,22);1H. The Hall–Kier alpha value is -1.26. The second-order valence-electron chi connectivity index (χ2n) is 4.82. The van der Waals surface area contributed by atoms with Crippen molar-refractivity contribution in [3.8, 4) is 5.75 Å². The van der Waals surface area contributed by atoms with Gasteiger partial charge in [-0.15, -0.1) is 24.0 Å². The molecule has 1 aromatic rings. The number of aliphatic imine (C=N–C) groups is 1. The molecule has 0 aliphatic rings. The van der Waals surface area contributed by atoms with Crippen molar-refractivity contribution in [2.45, 2.75) is 32.0 Å². The molecule has 0 heterocycles. The topological polar surface area (TPSA) is 45.7 Å². The van der Waals surface area contributed by atoms with E-state index in [1.165, 1.54) is 19.2 Å². The molecule has 1 unspecified atom stereocenters. The smallest absolute Gasteiger partial charge is 0.390 e. The summed E-state index contributed by atoms with van der Waals surface area (Å²) >= 11 is 0. The summed E-state index contributed by atoms with van der Waals surface area (Å²) in [6.07, 6.45) is -4.91. The summed E-state index contributed by atoms with van der Waals surface area (Å²) in [5, 5.41) is 5.44. The van der Waals surface area contributed by atoms with E-state index >= 15 is 0 Å². The summed E-state index contributed by atoms with van der Waals surface area (Å²) in [5.41, 5.74) is 0. The minimum absolute atomic E-state index is 0. The van der Waals surface area contributed by atoms with Crippen molar-refractivity contribution in [3.63, 3.8) is 0 Å². The van der Waals surface area contributed by atoms with E-state index in [1.54, 1.807) is 12.1 Å². The molecule has 24 heavy (non-hydrogen) atoms. The predicted molar refractivity (Wildman–Crippen MR) is 96.6 cm³/mol. The van der Waals surface area contributed by atoms with E-state index in [1.807, 2.05) is 6.92 Å². The van der Waals surface area contributed by atoms with Crippen LogP contribution in [0.25, 0.3) is 0 Å². The number of nitrogens with one attached hydrogen (secondary N) is 2. The number of nitrogens with zero attached hydrogens (tertiary/aromatic N) is 1. The number of halogens is 5. The van der Waals surface area contributed by atoms with Crippen LogP contribution in [0.3, 0.4) is 0 Å². The molecular formula is C15H22F4IN3O. The molecule has 0 aliphatic carbocycles. The average Bonchev–Trinajstić information content (AvgIpc) is 2.50. The maximum absolute atomic E-state index is 13.5. The molecular weight excluding hydrogens is 441 g/mol. The second kappa shape index (κ2) is 11.3. The van der Waals surface area contributed by atoms with Crippen molar-refractivity contribution in [2.75, 3.05) is 20.1 Å². The largest absolute Gasteiger partial charge is 0.486 e. The average molecular weight is 463 g/mol. The van der Waals surface area contributed by atoms with Gasteiger partial charge in [-0.3, -0.25) is 4.99 Å². The Morgan fingerprint density at radius 2 is 1.92 bits per heavy atom. The third kappa shape index (κ3) is 9.14. The van der Waals surface area contributed by atoms with Crippen molar-refractivity contribution in [3.05, 3.63) is 30.1 Å². The van der Waals surface area contributed by atoms with Crippen LogP contribution in [-0.4, -0.2) is 38.4 Å². The van der Waals surface area contributed by atoms with Crippen LogP contribution in [0.5, 0.6) is 5.75 Å². The monoisotopic (exact) mass is 463 g/mol. The second-order valence-corrected chi connectivity index (χ2v) is 4.82. The Morgan fingerprint density at radius 3 is 2.46 bits per heavy atom. The highest BCUT2D eigenvalue weighted by atomic mass is 127. The molecule has 1 atom stereocenters. The predicted octanol–water partition coefficient (Wildman–Crippen LogP) is 3.72. The Labute approximate surface area is 156 Å². The van der Waals surface area contributed by atoms with Gasteiger partial charge in [-0.2, -0.15) is 13.2 Å². The molecule has 0 radical (unpaired) electrons. The Balaban J connectivity index is 0.00000529. The van der Waals surface area contributed by atoms with Crippen LogP contribution >= 0.6 is 24.0 Å². The fourth-order valence-electron chi connectivity index (χ4n) is 1.74. The van der Waals surface area contributed by atoms with E-state index in [0.717, 1.165) is 0 Å². The van der Waals surface area contributed by atoms with E-state index in [4.69, 9.17) is 4.74 Å². The van der Waals surface area contributed by atoms with Gasteiger partial charge in [0, 0.05) is 13.6 Å². The normalized spacial score (nSPS) is 13.0. The summed E-state index contributed by atoms with van der Waals surface area (Å²) in [6, 6.07) is 6.05. The maximum atomic E-state index is 13.5. The zero-order valence-electron chi connectivity index (χ0n) is 13.5. The number of hydrogen-bond acceptors (Lipinski definition) is 2. The molecule has 4 nitrogen and oxygen atoms in total. The number of benzene rings is 1. The fourth-order valence-corrected chi connectivity index (χ4v) is 1.74. The number of rotatable bonds is 7. The lowest BCUT2D eigenvalue weighted by atomic mass is 10.2. The molecule has 0 aromatic heterocycles. The van der Waals surface area contributed by atoms with Gasteiger partial charge in [0.15, 0.2) is 17.5 Å². The van der Waals surface area contributed by atoms with E-state index in [0.29, 0.717) is 6.42 Å². The first-order valence-corrected chi connectivity index (χ1v) is 7.28. The number of hydrogen-bond donors (Lipinski definition) is 2. The van der Waals surface area contributed by atoms with Gasteiger partial charge >= 0.3 is 6.18 Å². The van der Waals surface area contributed by atoms with Gasteiger partial charge in [0.05, 0.1) is 13.0 Å².